The molecular weight excluding hydrogens is 553 g/mol. The summed E-state index contributed by atoms with van der Waals surface area (Å²) in [6.07, 6.45) is 3.67. The third kappa shape index (κ3) is 4.17. The number of hydrogen-bond acceptors (Lipinski definition) is 3. The lowest BCUT2D eigenvalue weighted by Crippen LogP contribution is -2.30. The van der Waals surface area contributed by atoms with Gasteiger partial charge in [0.25, 0.3) is 0 Å². The first-order valence-electron chi connectivity index (χ1n) is 15.4. The van der Waals surface area contributed by atoms with Gasteiger partial charge >= 0.3 is 0 Å². The van der Waals surface area contributed by atoms with E-state index in [0.29, 0.717) is 0 Å². The van der Waals surface area contributed by atoms with Gasteiger partial charge in [0, 0.05) is 50.1 Å². The van der Waals surface area contributed by atoms with Gasteiger partial charge in [-0.2, -0.15) is 0 Å². The van der Waals surface area contributed by atoms with Crippen LogP contribution in [0.4, 0.5) is 0 Å². The summed E-state index contributed by atoms with van der Waals surface area (Å²) in [6, 6.07) is 42.4. The first kappa shape index (κ1) is 27.1. The first-order chi connectivity index (χ1) is 21.3. The van der Waals surface area contributed by atoms with Crippen LogP contribution in [0, 0.1) is 0 Å². The van der Waals surface area contributed by atoms with Crippen molar-refractivity contribution in [2.24, 2.45) is 0 Å². The zero-order valence-corrected chi connectivity index (χ0v) is 26.3. The van der Waals surface area contributed by atoms with Gasteiger partial charge in [0.15, 0.2) is 0 Å². The highest BCUT2D eigenvalue weighted by molar-refractivity contribution is 7.99. The van der Waals surface area contributed by atoms with Crippen LogP contribution in [0.2, 0.25) is 0 Å². The summed E-state index contributed by atoms with van der Waals surface area (Å²) in [7, 11) is 0. The van der Waals surface area contributed by atoms with Crippen molar-refractivity contribution in [3.8, 4) is 22.5 Å². The highest BCUT2D eigenvalue weighted by Gasteiger charge is 2.39. The van der Waals surface area contributed by atoms with E-state index in [0.717, 1.165) is 22.5 Å². The number of nitrogens with zero attached hydrogens (tertiary/aromatic N) is 2. The predicted molar refractivity (Wildman–Crippen MR) is 182 cm³/mol. The summed E-state index contributed by atoms with van der Waals surface area (Å²) in [5, 5.41) is 0. The van der Waals surface area contributed by atoms with Crippen molar-refractivity contribution in [1.29, 1.82) is 0 Å². The summed E-state index contributed by atoms with van der Waals surface area (Å²) < 4.78 is 0. The molecule has 1 aliphatic carbocycles. The van der Waals surface area contributed by atoms with Crippen LogP contribution in [0.15, 0.2) is 137 Å². The second kappa shape index (κ2) is 10.0. The Morgan fingerprint density at radius 1 is 0.545 bits per heavy atom. The Bertz CT molecular complexity index is 2010. The van der Waals surface area contributed by atoms with Gasteiger partial charge in [-0.1, -0.05) is 112 Å². The molecule has 2 nitrogen and oxygen atoms in total. The van der Waals surface area contributed by atoms with E-state index >= 15 is 0 Å². The molecule has 0 unspecified atom stereocenters. The van der Waals surface area contributed by atoms with E-state index in [-0.39, 0.29) is 16.7 Å². The molecule has 214 valence electrons. The molecule has 0 atom stereocenters. The van der Waals surface area contributed by atoms with Crippen molar-refractivity contribution in [3.63, 3.8) is 0 Å². The SMILES string of the molecule is CC1(C)c2cc(-c3cccc(-c4cccnc4)n3)ccc2Sc2ccc(C3c4ccccc4C(C)(C)c4ccccc43)cc21. The topological polar surface area (TPSA) is 25.8 Å². The maximum atomic E-state index is 5.04. The molecule has 0 fully saturated rings. The second-order valence-electron chi connectivity index (χ2n) is 13.1. The standard InChI is InChI=1S/C41H34N2S/c1-40(2)31-14-7-5-12-29(31)39(30-13-6-8-15-32(30)40)27-19-21-38-34(24-27)41(3,4)33-23-26(18-20-37(33)44-38)35-16-9-17-36(43-35)28-11-10-22-42-25-28/h5-25,39H,1-4H3. The van der Waals surface area contributed by atoms with Crippen LogP contribution >= 0.6 is 11.8 Å². The summed E-state index contributed by atoms with van der Waals surface area (Å²) in [5.74, 6) is 0.202. The fourth-order valence-corrected chi connectivity index (χ4v) is 8.77. The van der Waals surface area contributed by atoms with E-state index in [2.05, 4.69) is 142 Å². The van der Waals surface area contributed by atoms with E-state index in [9.17, 15) is 0 Å². The lowest BCUT2D eigenvalue weighted by molar-refractivity contribution is 0.592. The molecule has 6 aromatic rings. The Kier molecular flexibility index (Phi) is 6.18. The molecule has 0 N–H and O–H groups in total. The molecule has 3 heterocycles. The van der Waals surface area contributed by atoms with Gasteiger partial charge in [-0.25, -0.2) is 4.98 Å². The zero-order valence-electron chi connectivity index (χ0n) is 25.5. The largest absolute Gasteiger partial charge is 0.264 e. The summed E-state index contributed by atoms with van der Waals surface area (Å²) in [4.78, 5) is 12.0. The van der Waals surface area contributed by atoms with Crippen molar-refractivity contribution in [2.45, 2.75) is 54.2 Å². The molecule has 1 aliphatic heterocycles. The van der Waals surface area contributed by atoms with Crippen molar-refractivity contribution >= 4 is 11.8 Å². The number of pyridine rings is 2. The van der Waals surface area contributed by atoms with E-state index in [1.54, 1.807) is 6.20 Å². The lowest BCUT2D eigenvalue weighted by atomic mass is 9.63. The fraction of sp³-hybridized carbons (Fsp3) is 0.171. The van der Waals surface area contributed by atoms with Gasteiger partial charge in [-0.3, -0.25) is 4.98 Å². The number of hydrogen-bond donors (Lipinski definition) is 0. The van der Waals surface area contributed by atoms with Gasteiger partial charge in [-0.15, -0.1) is 0 Å². The minimum absolute atomic E-state index is 0.0370. The normalized spacial score (nSPS) is 15.9. The Labute approximate surface area is 264 Å². The molecule has 2 aromatic heterocycles. The second-order valence-corrected chi connectivity index (χ2v) is 14.2. The maximum absolute atomic E-state index is 5.04. The van der Waals surface area contributed by atoms with E-state index in [1.807, 2.05) is 24.0 Å². The molecule has 0 radical (unpaired) electrons. The Balaban J connectivity index is 1.23. The van der Waals surface area contributed by atoms with Crippen LogP contribution in [0.3, 0.4) is 0 Å². The van der Waals surface area contributed by atoms with Crippen LogP contribution in [0.1, 0.15) is 72.6 Å². The van der Waals surface area contributed by atoms with Gasteiger partial charge in [0.1, 0.15) is 0 Å². The molecule has 3 heteroatoms. The van der Waals surface area contributed by atoms with Gasteiger partial charge in [0.2, 0.25) is 0 Å². The number of fused-ring (bicyclic) bond motifs is 4. The molecule has 0 spiro atoms. The van der Waals surface area contributed by atoms with Crippen molar-refractivity contribution < 1.29 is 0 Å². The smallest absolute Gasteiger partial charge is 0.0725 e. The zero-order chi connectivity index (χ0) is 30.1. The summed E-state index contributed by atoms with van der Waals surface area (Å²) in [5.41, 5.74) is 13.7. The van der Waals surface area contributed by atoms with Crippen molar-refractivity contribution in [1.82, 2.24) is 9.97 Å². The molecule has 8 rings (SSSR count). The molecule has 44 heavy (non-hydrogen) atoms. The van der Waals surface area contributed by atoms with Gasteiger partial charge < -0.3 is 0 Å². The number of rotatable bonds is 3. The average Bonchev–Trinajstić information content (AvgIpc) is 3.06. The van der Waals surface area contributed by atoms with Crippen LogP contribution in [0.5, 0.6) is 0 Å². The fourth-order valence-electron chi connectivity index (χ4n) is 7.41. The highest BCUT2D eigenvalue weighted by Crippen LogP contribution is 2.53. The Morgan fingerprint density at radius 2 is 1.16 bits per heavy atom. The van der Waals surface area contributed by atoms with Crippen LogP contribution in [0.25, 0.3) is 22.5 Å². The predicted octanol–water partition coefficient (Wildman–Crippen LogP) is 10.4. The van der Waals surface area contributed by atoms with Crippen LogP contribution in [-0.2, 0) is 10.8 Å². The van der Waals surface area contributed by atoms with Crippen molar-refractivity contribution in [3.05, 3.63) is 167 Å². The van der Waals surface area contributed by atoms with Crippen molar-refractivity contribution in [2.75, 3.05) is 0 Å². The van der Waals surface area contributed by atoms with Crippen LogP contribution < -0.4 is 0 Å². The minimum Gasteiger partial charge on any atom is -0.264 e. The molecular formula is C41H34N2S. The van der Waals surface area contributed by atoms with E-state index < -0.39 is 0 Å². The Hall–Kier alpha value is -4.47. The van der Waals surface area contributed by atoms with E-state index in [4.69, 9.17) is 4.98 Å². The molecule has 2 aliphatic rings. The number of aromatic nitrogens is 2. The quantitative estimate of drug-likeness (QED) is 0.206. The maximum Gasteiger partial charge on any atom is 0.0725 e. The minimum atomic E-state index is -0.171. The monoisotopic (exact) mass is 586 g/mol. The Morgan fingerprint density at radius 3 is 1.84 bits per heavy atom. The summed E-state index contributed by atoms with van der Waals surface area (Å²) in [6.45, 7) is 9.49. The summed E-state index contributed by atoms with van der Waals surface area (Å²) >= 11 is 1.89. The van der Waals surface area contributed by atoms with Gasteiger partial charge in [0.05, 0.1) is 11.4 Å². The molecule has 0 saturated carbocycles. The molecule has 4 aromatic carbocycles. The third-order valence-corrected chi connectivity index (χ3v) is 10.9. The molecule has 0 bridgehead atoms. The third-order valence-electron chi connectivity index (χ3n) is 9.78. The number of benzene rings is 4. The highest BCUT2D eigenvalue weighted by atomic mass is 32.2. The molecule has 0 saturated heterocycles. The van der Waals surface area contributed by atoms with Gasteiger partial charge in [-0.05, 0) is 81.4 Å². The molecule has 0 amide bonds. The average molecular weight is 587 g/mol. The lowest BCUT2D eigenvalue weighted by Gasteiger charge is -2.40. The van der Waals surface area contributed by atoms with Crippen LogP contribution in [-0.4, -0.2) is 9.97 Å². The van der Waals surface area contributed by atoms with E-state index in [1.165, 1.54) is 48.7 Å². The first-order valence-corrected chi connectivity index (χ1v) is 16.2.